The van der Waals surface area contributed by atoms with E-state index >= 15 is 0 Å². The second kappa shape index (κ2) is 5.25. The molecule has 0 aliphatic carbocycles. The highest BCUT2D eigenvalue weighted by Gasteiger charge is 2.25. The molecule has 1 unspecified atom stereocenters. The van der Waals surface area contributed by atoms with E-state index in [0.717, 1.165) is 25.9 Å². The van der Waals surface area contributed by atoms with Crippen molar-refractivity contribution in [3.05, 3.63) is 17.8 Å². The fraction of sp³-hybridized carbons (Fsp3) is 0.538. The summed E-state index contributed by atoms with van der Waals surface area (Å²) in [5.41, 5.74) is 6.83. The Morgan fingerprint density at radius 3 is 3.06 bits per heavy atom. The maximum absolute atomic E-state index is 11.6. The zero-order valence-electron chi connectivity index (χ0n) is 10.8. The second-order valence-electron chi connectivity index (χ2n) is 4.60. The molecule has 5 heteroatoms. The lowest BCUT2D eigenvalue weighted by Gasteiger charge is -2.20. The van der Waals surface area contributed by atoms with Crippen LogP contribution in [0.4, 0.5) is 11.5 Å². The van der Waals surface area contributed by atoms with E-state index < -0.39 is 5.97 Å². The summed E-state index contributed by atoms with van der Waals surface area (Å²) in [7, 11) is 1.35. The Morgan fingerprint density at radius 2 is 2.44 bits per heavy atom. The number of nitrogens with zero attached hydrogens (tertiary/aromatic N) is 2. The number of hydrogen-bond donors (Lipinski definition) is 1. The summed E-state index contributed by atoms with van der Waals surface area (Å²) in [4.78, 5) is 18.0. The standard InChI is InChI=1S/C13H19N3O2/c1-3-9-5-7-16(8-9)12-11(14)10(4-6-15-12)13(17)18-2/h4,6,9H,3,5,7-8,14H2,1-2H3. The van der Waals surface area contributed by atoms with Gasteiger partial charge in [-0.25, -0.2) is 9.78 Å². The van der Waals surface area contributed by atoms with Gasteiger partial charge in [-0.15, -0.1) is 0 Å². The normalized spacial score (nSPS) is 19.0. The first-order valence-corrected chi connectivity index (χ1v) is 6.25. The Labute approximate surface area is 107 Å². The van der Waals surface area contributed by atoms with Gasteiger partial charge in [-0.3, -0.25) is 0 Å². The lowest BCUT2D eigenvalue weighted by molar-refractivity contribution is 0.0602. The van der Waals surface area contributed by atoms with E-state index in [1.165, 1.54) is 7.11 Å². The maximum atomic E-state index is 11.6. The minimum Gasteiger partial charge on any atom is -0.465 e. The molecule has 1 aromatic rings. The van der Waals surface area contributed by atoms with Gasteiger partial charge in [0.25, 0.3) is 0 Å². The molecule has 0 amide bonds. The predicted molar refractivity (Wildman–Crippen MR) is 70.6 cm³/mol. The van der Waals surface area contributed by atoms with Crippen molar-refractivity contribution in [3.8, 4) is 0 Å². The number of ether oxygens (including phenoxy) is 1. The number of rotatable bonds is 3. The number of methoxy groups -OCH3 is 1. The molecule has 1 saturated heterocycles. The molecule has 2 heterocycles. The highest BCUT2D eigenvalue weighted by Crippen LogP contribution is 2.30. The topological polar surface area (TPSA) is 68.5 Å². The van der Waals surface area contributed by atoms with Gasteiger partial charge in [0.15, 0.2) is 5.82 Å². The summed E-state index contributed by atoms with van der Waals surface area (Å²) < 4.78 is 4.71. The highest BCUT2D eigenvalue weighted by atomic mass is 16.5. The fourth-order valence-corrected chi connectivity index (χ4v) is 2.36. The van der Waals surface area contributed by atoms with Crippen LogP contribution in [0, 0.1) is 5.92 Å². The van der Waals surface area contributed by atoms with Gasteiger partial charge < -0.3 is 15.4 Å². The number of carbonyl (C=O) groups excluding carboxylic acids is 1. The number of carbonyl (C=O) groups is 1. The van der Waals surface area contributed by atoms with Gasteiger partial charge in [0, 0.05) is 19.3 Å². The zero-order valence-corrected chi connectivity index (χ0v) is 10.8. The fourth-order valence-electron chi connectivity index (χ4n) is 2.36. The van der Waals surface area contributed by atoms with Crippen LogP contribution in [0.1, 0.15) is 30.1 Å². The third-order valence-electron chi connectivity index (χ3n) is 3.54. The summed E-state index contributed by atoms with van der Waals surface area (Å²) in [6.07, 6.45) is 3.92. The molecule has 0 saturated carbocycles. The lowest BCUT2D eigenvalue weighted by Crippen LogP contribution is -2.23. The molecule has 1 aliphatic rings. The second-order valence-corrected chi connectivity index (χ2v) is 4.60. The quantitative estimate of drug-likeness (QED) is 0.825. The van der Waals surface area contributed by atoms with Gasteiger partial charge in [-0.1, -0.05) is 13.3 Å². The molecule has 5 nitrogen and oxygen atoms in total. The van der Waals surface area contributed by atoms with Crippen molar-refractivity contribution in [1.29, 1.82) is 0 Å². The minimum atomic E-state index is -0.414. The first-order valence-electron chi connectivity index (χ1n) is 6.25. The van der Waals surface area contributed by atoms with E-state index in [0.29, 0.717) is 23.0 Å². The van der Waals surface area contributed by atoms with Gasteiger partial charge in [-0.05, 0) is 18.4 Å². The average molecular weight is 249 g/mol. The first kappa shape index (κ1) is 12.7. The minimum absolute atomic E-state index is 0.391. The Hall–Kier alpha value is -1.78. The Balaban J connectivity index is 2.27. The largest absolute Gasteiger partial charge is 0.465 e. The van der Waals surface area contributed by atoms with Gasteiger partial charge >= 0.3 is 5.97 Å². The molecular weight excluding hydrogens is 230 g/mol. The average Bonchev–Trinajstić information content (AvgIpc) is 2.86. The lowest BCUT2D eigenvalue weighted by atomic mass is 10.1. The molecule has 98 valence electrons. The van der Waals surface area contributed by atoms with Crippen LogP contribution in [0.2, 0.25) is 0 Å². The number of anilines is 2. The first-order chi connectivity index (χ1) is 8.67. The molecule has 0 aromatic carbocycles. The predicted octanol–water partition coefficient (Wildman–Crippen LogP) is 1.69. The number of nitrogens with two attached hydrogens (primary N) is 1. The van der Waals surface area contributed by atoms with E-state index in [1.54, 1.807) is 12.3 Å². The molecule has 1 aliphatic heterocycles. The summed E-state index contributed by atoms with van der Waals surface area (Å²) in [6.45, 7) is 4.09. The third kappa shape index (κ3) is 2.25. The number of pyridine rings is 1. The van der Waals surface area contributed by atoms with E-state index in [-0.39, 0.29) is 0 Å². The van der Waals surface area contributed by atoms with E-state index in [9.17, 15) is 4.79 Å². The molecule has 1 atom stereocenters. The van der Waals surface area contributed by atoms with Crippen LogP contribution in [0.5, 0.6) is 0 Å². The van der Waals surface area contributed by atoms with Gasteiger partial charge in [0.05, 0.1) is 18.4 Å². The molecule has 1 fully saturated rings. The SMILES string of the molecule is CCC1CCN(c2nccc(C(=O)OC)c2N)C1. The molecule has 2 N–H and O–H groups in total. The summed E-state index contributed by atoms with van der Waals surface area (Å²) in [6, 6.07) is 1.60. The van der Waals surface area contributed by atoms with E-state index in [4.69, 9.17) is 10.5 Å². The van der Waals surface area contributed by atoms with Crippen LogP contribution < -0.4 is 10.6 Å². The molecular formula is C13H19N3O2. The molecule has 0 bridgehead atoms. The van der Waals surface area contributed by atoms with Crippen LogP contribution >= 0.6 is 0 Å². The Morgan fingerprint density at radius 1 is 1.67 bits per heavy atom. The number of hydrogen-bond acceptors (Lipinski definition) is 5. The van der Waals surface area contributed by atoms with E-state index in [2.05, 4.69) is 16.8 Å². The smallest absolute Gasteiger partial charge is 0.340 e. The van der Waals surface area contributed by atoms with Crippen molar-refractivity contribution >= 4 is 17.5 Å². The van der Waals surface area contributed by atoms with Crippen LogP contribution in [-0.4, -0.2) is 31.2 Å². The number of aromatic nitrogens is 1. The van der Waals surface area contributed by atoms with Crippen LogP contribution in [0.15, 0.2) is 12.3 Å². The molecule has 2 rings (SSSR count). The van der Waals surface area contributed by atoms with Gasteiger partial charge in [-0.2, -0.15) is 0 Å². The van der Waals surface area contributed by atoms with Gasteiger partial charge in [0.2, 0.25) is 0 Å². The zero-order chi connectivity index (χ0) is 13.1. The highest BCUT2D eigenvalue weighted by molar-refractivity contribution is 5.97. The summed E-state index contributed by atoms with van der Waals surface area (Å²) in [5, 5.41) is 0. The van der Waals surface area contributed by atoms with Crippen molar-refractivity contribution in [2.75, 3.05) is 30.8 Å². The monoisotopic (exact) mass is 249 g/mol. The summed E-state index contributed by atoms with van der Waals surface area (Å²) in [5.74, 6) is 0.976. The van der Waals surface area contributed by atoms with Crippen molar-refractivity contribution in [1.82, 2.24) is 4.98 Å². The third-order valence-corrected chi connectivity index (χ3v) is 3.54. The molecule has 0 spiro atoms. The molecule has 1 aromatic heterocycles. The maximum Gasteiger partial charge on any atom is 0.340 e. The van der Waals surface area contributed by atoms with Crippen LogP contribution in [0.25, 0.3) is 0 Å². The Bertz CT molecular complexity index is 448. The molecule has 18 heavy (non-hydrogen) atoms. The Kier molecular flexibility index (Phi) is 3.69. The summed E-state index contributed by atoms with van der Waals surface area (Å²) >= 11 is 0. The van der Waals surface area contributed by atoms with Crippen molar-refractivity contribution < 1.29 is 9.53 Å². The van der Waals surface area contributed by atoms with Crippen molar-refractivity contribution in [3.63, 3.8) is 0 Å². The van der Waals surface area contributed by atoms with Crippen molar-refractivity contribution in [2.45, 2.75) is 19.8 Å². The van der Waals surface area contributed by atoms with Crippen molar-refractivity contribution in [2.24, 2.45) is 5.92 Å². The van der Waals surface area contributed by atoms with Gasteiger partial charge in [0.1, 0.15) is 0 Å². The number of nitrogen functional groups attached to an aromatic ring is 1. The molecule has 0 radical (unpaired) electrons. The van der Waals surface area contributed by atoms with Crippen LogP contribution in [0.3, 0.4) is 0 Å². The van der Waals surface area contributed by atoms with E-state index in [1.807, 2.05) is 0 Å². The van der Waals surface area contributed by atoms with Crippen LogP contribution in [-0.2, 0) is 4.74 Å². The number of esters is 1.